The van der Waals surface area contributed by atoms with Crippen molar-refractivity contribution >= 4 is 5.91 Å². The van der Waals surface area contributed by atoms with Gasteiger partial charge in [-0.25, -0.2) is 4.98 Å². The Kier molecular flexibility index (Phi) is 6.01. The Morgan fingerprint density at radius 1 is 1.33 bits per heavy atom. The van der Waals surface area contributed by atoms with Gasteiger partial charge in [0.2, 0.25) is 5.91 Å². The predicted octanol–water partition coefficient (Wildman–Crippen LogP) is 2.56. The minimum atomic E-state index is -0.0137. The van der Waals surface area contributed by atoms with Gasteiger partial charge in [-0.1, -0.05) is 30.3 Å². The summed E-state index contributed by atoms with van der Waals surface area (Å²) < 4.78 is 7.50. The molecule has 2 aromatic rings. The zero-order valence-corrected chi connectivity index (χ0v) is 14.0. The Morgan fingerprint density at radius 3 is 3.00 bits per heavy atom. The molecule has 1 amide bonds. The molecule has 1 atom stereocenters. The summed E-state index contributed by atoms with van der Waals surface area (Å²) in [5, 5.41) is 3.00. The summed E-state index contributed by atoms with van der Waals surface area (Å²) in [7, 11) is 0. The first-order valence-corrected chi connectivity index (χ1v) is 8.72. The topological polar surface area (TPSA) is 56.2 Å². The summed E-state index contributed by atoms with van der Waals surface area (Å²) >= 11 is 0. The number of carbonyl (C=O) groups excluding carboxylic acids is 1. The first-order valence-electron chi connectivity index (χ1n) is 8.72. The van der Waals surface area contributed by atoms with Crippen molar-refractivity contribution < 1.29 is 9.53 Å². The molecule has 1 saturated heterocycles. The van der Waals surface area contributed by atoms with E-state index in [0.29, 0.717) is 13.2 Å². The molecule has 0 aliphatic carbocycles. The molecule has 1 aliphatic rings. The minimum absolute atomic E-state index is 0.0137. The Balaban J connectivity index is 1.45. The molecular formula is C19H25N3O2. The number of rotatable bonds is 7. The third-order valence-corrected chi connectivity index (χ3v) is 4.46. The van der Waals surface area contributed by atoms with Crippen LogP contribution in [0, 0.1) is 5.92 Å². The number of ether oxygens (including phenoxy) is 1. The highest BCUT2D eigenvalue weighted by Crippen LogP contribution is 2.13. The fourth-order valence-electron chi connectivity index (χ4n) is 3.07. The van der Waals surface area contributed by atoms with Crippen molar-refractivity contribution in [2.75, 3.05) is 13.2 Å². The normalized spacial score (nSPS) is 17.6. The van der Waals surface area contributed by atoms with Crippen LogP contribution in [0.3, 0.4) is 0 Å². The highest BCUT2D eigenvalue weighted by atomic mass is 16.5. The van der Waals surface area contributed by atoms with E-state index in [9.17, 15) is 4.79 Å². The van der Waals surface area contributed by atoms with Gasteiger partial charge in [0.25, 0.3) is 0 Å². The lowest BCUT2D eigenvalue weighted by molar-refractivity contribution is -0.129. The fraction of sp³-hybridized carbons (Fsp3) is 0.474. The molecule has 0 bridgehead atoms. The van der Waals surface area contributed by atoms with Gasteiger partial charge in [0.15, 0.2) is 0 Å². The van der Waals surface area contributed by atoms with Gasteiger partial charge in [-0.05, 0) is 31.2 Å². The Bertz CT molecular complexity index is 633. The zero-order chi connectivity index (χ0) is 16.6. The van der Waals surface area contributed by atoms with Crippen LogP contribution >= 0.6 is 0 Å². The lowest BCUT2D eigenvalue weighted by Gasteiger charge is -2.21. The molecule has 5 heteroatoms. The number of hydrogen-bond donors (Lipinski definition) is 1. The number of carbonyl (C=O) groups is 1. The molecule has 1 unspecified atom stereocenters. The van der Waals surface area contributed by atoms with E-state index in [1.165, 1.54) is 5.56 Å². The lowest BCUT2D eigenvalue weighted by Crippen LogP contribution is -2.35. The Labute approximate surface area is 143 Å². The number of aromatic nitrogens is 2. The third-order valence-electron chi connectivity index (χ3n) is 4.46. The quantitative estimate of drug-likeness (QED) is 0.850. The van der Waals surface area contributed by atoms with E-state index in [-0.39, 0.29) is 11.8 Å². The van der Waals surface area contributed by atoms with Crippen LogP contribution in [0.15, 0.2) is 42.7 Å². The largest absolute Gasteiger partial charge is 0.381 e. The Hall–Kier alpha value is -2.14. The standard InChI is InChI=1S/C19H25N3O2/c23-19(17-9-5-13-24-15-17)21-14-18-20-10-12-22(18)11-4-8-16-6-2-1-3-7-16/h1-3,6-7,10,12,17H,4-5,8-9,11,13-15H2,(H,21,23). The van der Waals surface area contributed by atoms with Gasteiger partial charge in [0, 0.05) is 25.5 Å². The number of nitrogens with zero attached hydrogens (tertiary/aromatic N) is 2. The van der Waals surface area contributed by atoms with Crippen LogP contribution in [0.2, 0.25) is 0 Å². The third kappa shape index (κ3) is 4.68. The Morgan fingerprint density at radius 2 is 2.21 bits per heavy atom. The average molecular weight is 327 g/mol. The molecular weight excluding hydrogens is 302 g/mol. The van der Waals surface area contributed by atoms with E-state index in [1.807, 2.05) is 12.3 Å². The SMILES string of the molecule is O=C(NCc1nccn1CCCc1ccccc1)C1CCCOC1. The van der Waals surface area contributed by atoms with Crippen LogP contribution in [0.4, 0.5) is 0 Å². The van der Waals surface area contributed by atoms with Gasteiger partial charge in [0.05, 0.1) is 19.1 Å². The molecule has 0 spiro atoms. The van der Waals surface area contributed by atoms with Crippen LogP contribution in [0.25, 0.3) is 0 Å². The van der Waals surface area contributed by atoms with Crippen molar-refractivity contribution in [2.45, 2.75) is 38.8 Å². The number of benzene rings is 1. The van der Waals surface area contributed by atoms with Crippen LogP contribution < -0.4 is 5.32 Å². The maximum atomic E-state index is 12.2. The van der Waals surface area contributed by atoms with Gasteiger partial charge in [-0.3, -0.25) is 4.79 Å². The second kappa shape index (κ2) is 8.64. The average Bonchev–Trinajstić information content (AvgIpc) is 3.09. The van der Waals surface area contributed by atoms with E-state index in [0.717, 1.165) is 44.7 Å². The van der Waals surface area contributed by atoms with Gasteiger partial charge in [0.1, 0.15) is 5.82 Å². The molecule has 0 radical (unpaired) electrons. The first kappa shape index (κ1) is 16.7. The van der Waals surface area contributed by atoms with Crippen LogP contribution in [0.5, 0.6) is 0 Å². The number of nitrogens with one attached hydrogen (secondary N) is 1. The van der Waals surface area contributed by atoms with Crippen LogP contribution in [-0.4, -0.2) is 28.7 Å². The number of imidazole rings is 1. The molecule has 1 aromatic heterocycles. The van der Waals surface area contributed by atoms with Crippen molar-refractivity contribution in [1.29, 1.82) is 0 Å². The monoisotopic (exact) mass is 327 g/mol. The molecule has 3 rings (SSSR count). The van der Waals surface area contributed by atoms with Crippen molar-refractivity contribution in [2.24, 2.45) is 5.92 Å². The van der Waals surface area contributed by atoms with Crippen molar-refractivity contribution in [3.8, 4) is 0 Å². The fourth-order valence-corrected chi connectivity index (χ4v) is 3.07. The van der Waals surface area contributed by atoms with Crippen LogP contribution in [-0.2, 0) is 29.0 Å². The molecule has 128 valence electrons. The summed E-state index contributed by atoms with van der Waals surface area (Å²) in [5.41, 5.74) is 1.35. The first-order chi connectivity index (χ1) is 11.8. The van der Waals surface area contributed by atoms with Gasteiger partial charge in [-0.2, -0.15) is 0 Å². The maximum Gasteiger partial charge on any atom is 0.225 e. The highest BCUT2D eigenvalue weighted by Gasteiger charge is 2.21. The summed E-state index contributed by atoms with van der Waals surface area (Å²) in [4.78, 5) is 16.6. The van der Waals surface area contributed by atoms with E-state index in [4.69, 9.17) is 4.74 Å². The zero-order valence-electron chi connectivity index (χ0n) is 14.0. The van der Waals surface area contributed by atoms with Crippen LogP contribution in [0.1, 0.15) is 30.7 Å². The van der Waals surface area contributed by atoms with E-state index in [1.54, 1.807) is 6.20 Å². The van der Waals surface area contributed by atoms with Gasteiger partial charge in [-0.15, -0.1) is 0 Å². The molecule has 0 saturated carbocycles. The molecule has 5 nitrogen and oxygen atoms in total. The van der Waals surface area contributed by atoms with E-state index >= 15 is 0 Å². The van der Waals surface area contributed by atoms with Crippen molar-refractivity contribution in [1.82, 2.24) is 14.9 Å². The van der Waals surface area contributed by atoms with E-state index < -0.39 is 0 Å². The highest BCUT2D eigenvalue weighted by molar-refractivity contribution is 5.78. The van der Waals surface area contributed by atoms with Crippen molar-refractivity contribution in [3.05, 3.63) is 54.1 Å². The molecule has 2 heterocycles. The predicted molar refractivity (Wildman–Crippen MR) is 92.4 cm³/mol. The summed E-state index contributed by atoms with van der Waals surface area (Å²) in [6.45, 7) is 2.70. The van der Waals surface area contributed by atoms with Gasteiger partial charge >= 0.3 is 0 Å². The van der Waals surface area contributed by atoms with Gasteiger partial charge < -0.3 is 14.6 Å². The summed E-state index contributed by atoms with van der Waals surface area (Å²) in [6, 6.07) is 10.5. The second-order valence-corrected chi connectivity index (χ2v) is 6.26. The second-order valence-electron chi connectivity index (χ2n) is 6.26. The molecule has 24 heavy (non-hydrogen) atoms. The number of aryl methyl sites for hydroxylation is 2. The molecule has 1 aromatic carbocycles. The summed E-state index contributed by atoms with van der Waals surface area (Å²) in [5.74, 6) is 0.974. The minimum Gasteiger partial charge on any atom is -0.381 e. The lowest BCUT2D eigenvalue weighted by atomic mass is 10.0. The molecule has 1 N–H and O–H groups in total. The smallest absolute Gasteiger partial charge is 0.225 e. The summed E-state index contributed by atoms with van der Waals surface area (Å²) in [6.07, 6.45) is 7.76. The maximum absolute atomic E-state index is 12.2. The number of amides is 1. The van der Waals surface area contributed by atoms with E-state index in [2.05, 4.69) is 39.1 Å². The molecule has 1 fully saturated rings. The van der Waals surface area contributed by atoms with Crippen molar-refractivity contribution in [3.63, 3.8) is 0 Å². The molecule has 1 aliphatic heterocycles. The number of hydrogen-bond acceptors (Lipinski definition) is 3.